The van der Waals surface area contributed by atoms with Crippen LogP contribution in [0.15, 0.2) is 12.1 Å². The standard InChI is InChI=1S/C13H17Cl2N3O2/c14-11-2-1-9(12(15)17-11)3-6-16-10-4-7-18(8-5-10)13(19)20/h1-2,10,16H,3-8H2,(H,19,20). The molecule has 1 aliphatic heterocycles. The number of aromatic nitrogens is 1. The van der Waals surface area contributed by atoms with Crippen molar-refractivity contribution in [2.75, 3.05) is 19.6 Å². The summed E-state index contributed by atoms with van der Waals surface area (Å²) in [5, 5.41) is 13.1. The third-order valence-corrected chi connectivity index (χ3v) is 4.02. The summed E-state index contributed by atoms with van der Waals surface area (Å²) in [5.74, 6) is 0. The predicted molar refractivity (Wildman–Crippen MR) is 78.6 cm³/mol. The van der Waals surface area contributed by atoms with E-state index in [-0.39, 0.29) is 0 Å². The van der Waals surface area contributed by atoms with Crippen molar-refractivity contribution in [1.29, 1.82) is 0 Å². The smallest absolute Gasteiger partial charge is 0.407 e. The third-order valence-electron chi connectivity index (χ3n) is 3.48. The molecule has 1 fully saturated rings. The number of carbonyl (C=O) groups is 1. The van der Waals surface area contributed by atoms with Crippen LogP contribution in [0.4, 0.5) is 4.79 Å². The molecular weight excluding hydrogens is 301 g/mol. The summed E-state index contributed by atoms with van der Waals surface area (Å²) in [6, 6.07) is 3.98. The molecule has 2 heterocycles. The molecule has 2 rings (SSSR count). The number of nitrogens with zero attached hydrogens (tertiary/aromatic N) is 2. The summed E-state index contributed by atoms with van der Waals surface area (Å²) in [7, 11) is 0. The molecule has 110 valence electrons. The van der Waals surface area contributed by atoms with E-state index < -0.39 is 6.09 Å². The topological polar surface area (TPSA) is 65.5 Å². The Morgan fingerprint density at radius 2 is 2.10 bits per heavy atom. The van der Waals surface area contributed by atoms with Crippen LogP contribution in [0.25, 0.3) is 0 Å². The van der Waals surface area contributed by atoms with Gasteiger partial charge in [-0.25, -0.2) is 9.78 Å². The second-order valence-corrected chi connectivity index (χ2v) is 5.58. The van der Waals surface area contributed by atoms with E-state index in [2.05, 4.69) is 10.3 Å². The minimum Gasteiger partial charge on any atom is -0.465 e. The molecule has 0 unspecified atom stereocenters. The second-order valence-electron chi connectivity index (χ2n) is 4.83. The van der Waals surface area contributed by atoms with Gasteiger partial charge < -0.3 is 15.3 Å². The Balaban J connectivity index is 1.73. The summed E-state index contributed by atoms with van der Waals surface area (Å²) >= 11 is 11.8. The van der Waals surface area contributed by atoms with Crippen molar-refractivity contribution in [3.05, 3.63) is 28.0 Å². The first-order valence-electron chi connectivity index (χ1n) is 6.58. The van der Waals surface area contributed by atoms with Gasteiger partial charge in [-0.05, 0) is 37.4 Å². The van der Waals surface area contributed by atoms with E-state index in [9.17, 15) is 4.79 Å². The Kier molecular flexibility index (Phi) is 5.46. The molecule has 0 spiro atoms. The van der Waals surface area contributed by atoms with Gasteiger partial charge in [0.2, 0.25) is 0 Å². The van der Waals surface area contributed by atoms with Crippen molar-refractivity contribution in [1.82, 2.24) is 15.2 Å². The molecule has 1 aromatic heterocycles. The van der Waals surface area contributed by atoms with Gasteiger partial charge in [0.15, 0.2) is 0 Å². The molecule has 2 N–H and O–H groups in total. The molecule has 0 atom stereocenters. The highest BCUT2D eigenvalue weighted by molar-refractivity contribution is 6.32. The molecule has 0 saturated carbocycles. The van der Waals surface area contributed by atoms with Crippen molar-refractivity contribution in [3.8, 4) is 0 Å². The van der Waals surface area contributed by atoms with Gasteiger partial charge in [-0.3, -0.25) is 0 Å². The third kappa shape index (κ3) is 4.23. The Morgan fingerprint density at radius 1 is 1.40 bits per heavy atom. The monoisotopic (exact) mass is 317 g/mol. The summed E-state index contributed by atoms with van der Waals surface area (Å²) in [6.45, 7) is 1.98. The van der Waals surface area contributed by atoms with E-state index in [1.807, 2.05) is 6.07 Å². The van der Waals surface area contributed by atoms with E-state index >= 15 is 0 Å². The molecule has 20 heavy (non-hydrogen) atoms. The largest absolute Gasteiger partial charge is 0.465 e. The average Bonchev–Trinajstić information content (AvgIpc) is 2.42. The number of pyridine rings is 1. The SMILES string of the molecule is O=C(O)N1CCC(NCCc2ccc(Cl)nc2Cl)CC1. The van der Waals surface area contributed by atoms with E-state index in [1.54, 1.807) is 6.07 Å². The van der Waals surface area contributed by atoms with E-state index in [0.29, 0.717) is 29.4 Å². The molecule has 5 nitrogen and oxygen atoms in total. The lowest BCUT2D eigenvalue weighted by molar-refractivity contribution is 0.129. The molecule has 0 aromatic carbocycles. The van der Waals surface area contributed by atoms with Crippen LogP contribution >= 0.6 is 23.2 Å². The lowest BCUT2D eigenvalue weighted by Gasteiger charge is -2.30. The van der Waals surface area contributed by atoms with E-state index in [1.165, 1.54) is 4.90 Å². The fraction of sp³-hybridized carbons (Fsp3) is 0.538. The van der Waals surface area contributed by atoms with Crippen LogP contribution in [0.5, 0.6) is 0 Å². The van der Waals surface area contributed by atoms with Crippen LogP contribution < -0.4 is 5.32 Å². The zero-order valence-corrected chi connectivity index (χ0v) is 12.5. The zero-order valence-electron chi connectivity index (χ0n) is 11.0. The molecule has 1 aromatic rings. The lowest BCUT2D eigenvalue weighted by Crippen LogP contribution is -2.44. The van der Waals surface area contributed by atoms with Gasteiger partial charge in [0.05, 0.1) is 0 Å². The van der Waals surface area contributed by atoms with Gasteiger partial charge >= 0.3 is 6.09 Å². The van der Waals surface area contributed by atoms with Crippen LogP contribution in [0, 0.1) is 0 Å². The van der Waals surface area contributed by atoms with Crippen molar-refractivity contribution in [2.45, 2.75) is 25.3 Å². The lowest BCUT2D eigenvalue weighted by atomic mass is 10.1. The minimum atomic E-state index is -0.831. The molecular formula is C13H17Cl2N3O2. The molecule has 0 bridgehead atoms. The maximum atomic E-state index is 10.8. The number of piperidine rings is 1. The number of nitrogens with one attached hydrogen (secondary N) is 1. The number of hydrogen-bond acceptors (Lipinski definition) is 3. The summed E-state index contributed by atoms with van der Waals surface area (Å²) in [4.78, 5) is 16.3. The molecule has 7 heteroatoms. The van der Waals surface area contributed by atoms with Crippen LogP contribution in [0.2, 0.25) is 10.3 Å². The van der Waals surface area contributed by atoms with Crippen LogP contribution in [0.3, 0.4) is 0 Å². The molecule has 1 aliphatic rings. The van der Waals surface area contributed by atoms with Crippen molar-refractivity contribution in [2.24, 2.45) is 0 Å². The second kappa shape index (κ2) is 7.11. The fourth-order valence-electron chi connectivity index (χ4n) is 2.31. The molecule has 0 aliphatic carbocycles. The zero-order chi connectivity index (χ0) is 14.5. The summed E-state index contributed by atoms with van der Waals surface area (Å²) in [5.41, 5.74) is 0.964. The number of hydrogen-bond donors (Lipinski definition) is 2. The Labute approximate surface area is 127 Å². The molecule has 1 amide bonds. The highest BCUT2D eigenvalue weighted by Crippen LogP contribution is 2.17. The fourth-order valence-corrected chi connectivity index (χ4v) is 2.75. The first-order chi connectivity index (χ1) is 9.56. The van der Waals surface area contributed by atoms with Gasteiger partial charge in [0.25, 0.3) is 0 Å². The van der Waals surface area contributed by atoms with Crippen LogP contribution in [0.1, 0.15) is 18.4 Å². The normalized spacial score (nSPS) is 16.4. The van der Waals surface area contributed by atoms with Gasteiger partial charge in [-0.2, -0.15) is 0 Å². The molecule has 1 saturated heterocycles. The number of halogens is 2. The van der Waals surface area contributed by atoms with Crippen molar-refractivity contribution >= 4 is 29.3 Å². The van der Waals surface area contributed by atoms with E-state index in [4.69, 9.17) is 28.3 Å². The average molecular weight is 318 g/mol. The quantitative estimate of drug-likeness (QED) is 0.838. The van der Waals surface area contributed by atoms with Gasteiger partial charge in [0, 0.05) is 19.1 Å². The summed E-state index contributed by atoms with van der Waals surface area (Å²) < 4.78 is 0. The van der Waals surface area contributed by atoms with Crippen molar-refractivity contribution in [3.63, 3.8) is 0 Å². The predicted octanol–water partition coefficient (Wildman–Crippen LogP) is 2.66. The number of rotatable bonds is 4. The Hall–Kier alpha value is -1.04. The highest BCUT2D eigenvalue weighted by Gasteiger charge is 2.21. The van der Waals surface area contributed by atoms with Crippen molar-refractivity contribution < 1.29 is 9.90 Å². The number of likely N-dealkylation sites (tertiary alicyclic amines) is 1. The molecule has 0 radical (unpaired) electrons. The minimum absolute atomic E-state index is 0.365. The van der Waals surface area contributed by atoms with E-state index in [0.717, 1.165) is 31.4 Å². The van der Waals surface area contributed by atoms with Gasteiger partial charge in [-0.1, -0.05) is 29.3 Å². The first kappa shape index (κ1) is 15.4. The van der Waals surface area contributed by atoms with Crippen LogP contribution in [-0.4, -0.2) is 46.8 Å². The summed E-state index contributed by atoms with van der Waals surface area (Å²) in [6.07, 6.45) is 1.64. The van der Waals surface area contributed by atoms with Gasteiger partial charge in [0.1, 0.15) is 10.3 Å². The Bertz CT molecular complexity index is 477. The van der Waals surface area contributed by atoms with Crippen LogP contribution in [-0.2, 0) is 6.42 Å². The number of amides is 1. The number of carboxylic acid groups (broad SMARTS) is 1. The maximum absolute atomic E-state index is 10.8. The first-order valence-corrected chi connectivity index (χ1v) is 7.34. The maximum Gasteiger partial charge on any atom is 0.407 e. The van der Waals surface area contributed by atoms with Gasteiger partial charge in [-0.15, -0.1) is 0 Å². The Morgan fingerprint density at radius 3 is 2.70 bits per heavy atom. The highest BCUT2D eigenvalue weighted by atomic mass is 35.5.